The molecule has 16 heavy (non-hydrogen) atoms. The minimum Gasteiger partial charge on any atom is -0.358 e. The minimum absolute atomic E-state index is 0.368. The number of hydrogen-bond acceptors (Lipinski definition) is 1. The molecule has 0 radical (unpaired) electrons. The lowest BCUT2D eigenvalue weighted by Gasteiger charge is -2.09. The number of hydrogen-bond donors (Lipinski definition) is 1. The van der Waals surface area contributed by atoms with E-state index in [-0.39, 0.29) is 0 Å². The minimum atomic E-state index is 0.368. The molecule has 1 N–H and O–H groups in total. The number of aromatic amines is 1. The highest BCUT2D eigenvalue weighted by Gasteiger charge is 2.20. The second-order valence-electron chi connectivity index (χ2n) is 4.80. The van der Waals surface area contributed by atoms with Crippen molar-refractivity contribution in [1.29, 1.82) is 0 Å². The van der Waals surface area contributed by atoms with Gasteiger partial charge in [0, 0.05) is 29.4 Å². The smallest absolute Gasteiger partial charge is 0.137 e. The Morgan fingerprint density at radius 3 is 2.81 bits per heavy atom. The summed E-state index contributed by atoms with van der Waals surface area (Å²) in [6, 6.07) is 4.38. The van der Waals surface area contributed by atoms with E-state index in [9.17, 15) is 4.79 Å². The Morgan fingerprint density at radius 2 is 2.00 bits per heavy atom. The van der Waals surface area contributed by atoms with Gasteiger partial charge in [-0.3, -0.25) is 4.79 Å². The molecule has 0 unspecified atom stereocenters. The van der Waals surface area contributed by atoms with Crippen molar-refractivity contribution in [3.63, 3.8) is 0 Å². The number of H-pyrrole nitrogens is 1. The average molecular weight is 213 g/mol. The standard InChI is InChI=1S/C14H15NO/c1-8-5-9(2)14-12(6-8)11-7-10(16)3-4-13(11)15-14/h5-6,15H,3-4,7H2,1-2H3. The summed E-state index contributed by atoms with van der Waals surface area (Å²) in [5.74, 6) is 0.368. The van der Waals surface area contributed by atoms with Crippen LogP contribution >= 0.6 is 0 Å². The Hall–Kier alpha value is -1.57. The number of carbonyl (C=O) groups is 1. The van der Waals surface area contributed by atoms with Gasteiger partial charge in [0.1, 0.15) is 5.78 Å². The third-order valence-electron chi connectivity index (χ3n) is 3.47. The van der Waals surface area contributed by atoms with Gasteiger partial charge in [0.05, 0.1) is 0 Å². The molecule has 0 saturated heterocycles. The Bertz CT molecular complexity index is 592. The van der Waals surface area contributed by atoms with E-state index in [0.29, 0.717) is 18.6 Å². The highest BCUT2D eigenvalue weighted by atomic mass is 16.1. The van der Waals surface area contributed by atoms with Crippen molar-refractivity contribution >= 4 is 16.7 Å². The summed E-state index contributed by atoms with van der Waals surface area (Å²) in [7, 11) is 0. The van der Waals surface area contributed by atoms with Crippen molar-refractivity contribution in [2.45, 2.75) is 33.1 Å². The van der Waals surface area contributed by atoms with Crippen LogP contribution in [-0.4, -0.2) is 10.8 Å². The molecular formula is C14H15NO. The largest absolute Gasteiger partial charge is 0.358 e. The predicted octanol–water partition coefficient (Wildman–Crippen LogP) is 2.84. The molecular weight excluding hydrogens is 198 g/mol. The molecule has 1 aliphatic rings. The number of benzene rings is 1. The van der Waals surface area contributed by atoms with E-state index in [0.717, 1.165) is 6.42 Å². The van der Waals surface area contributed by atoms with Gasteiger partial charge in [-0.15, -0.1) is 0 Å². The summed E-state index contributed by atoms with van der Waals surface area (Å²) in [5.41, 5.74) is 6.26. The van der Waals surface area contributed by atoms with Crippen LogP contribution in [0.5, 0.6) is 0 Å². The third kappa shape index (κ3) is 1.29. The zero-order valence-corrected chi connectivity index (χ0v) is 9.68. The third-order valence-corrected chi connectivity index (χ3v) is 3.47. The van der Waals surface area contributed by atoms with Crippen molar-refractivity contribution in [3.05, 3.63) is 34.5 Å². The predicted molar refractivity (Wildman–Crippen MR) is 64.8 cm³/mol. The Kier molecular flexibility index (Phi) is 1.93. The summed E-state index contributed by atoms with van der Waals surface area (Å²) in [5, 5.41) is 1.25. The SMILES string of the molecule is Cc1cc(C)c2[nH]c3c(c2c1)CC(=O)CC3. The van der Waals surface area contributed by atoms with Crippen molar-refractivity contribution in [2.24, 2.45) is 0 Å². The van der Waals surface area contributed by atoms with E-state index in [1.807, 2.05) is 0 Å². The van der Waals surface area contributed by atoms with Gasteiger partial charge in [-0.25, -0.2) is 0 Å². The van der Waals surface area contributed by atoms with Crippen LogP contribution in [0.3, 0.4) is 0 Å². The lowest BCUT2D eigenvalue weighted by molar-refractivity contribution is -0.118. The van der Waals surface area contributed by atoms with Gasteiger partial charge in [-0.05, 0) is 37.5 Å². The monoisotopic (exact) mass is 213 g/mol. The van der Waals surface area contributed by atoms with Gasteiger partial charge >= 0.3 is 0 Å². The van der Waals surface area contributed by atoms with Crippen LogP contribution in [0.1, 0.15) is 28.8 Å². The fourth-order valence-electron chi connectivity index (χ4n) is 2.73. The van der Waals surface area contributed by atoms with Crippen LogP contribution in [0.15, 0.2) is 12.1 Å². The fraction of sp³-hybridized carbons (Fsp3) is 0.357. The second-order valence-corrected chi connectivity index (χ2v) is 4.80. The zero-order valence-electron chi connectivity index (χ0n) is 9.68. The molecule has 0 saturated carbocycles. The van der Waals surface area contributed by atoms with Crippen molar-refractivity contribution in [1.82, 2.24) is 4.98 Å². The molecule has 1 aromatic carbocycles. The Balaban J connectivity index is 2.34. The first-order chi connectivity index (χ1) is 7.65. The van der Waals surface area contributed by atoms with Gasteiger partial charge in [0.15, 0.2) is 0 Å². The number of nitrogens with one attached hydrogen (secondary N) is 1. The highest BCUT2D eigenvalue weighted by Crippen LogP contribution is 2.30. The number of carbonyl (C=O) groups excluding carboxylic acids is 1. The van der Waals surface area contributed by atoms with Crippen LogP contribution in [-0.2, 0) is 17.6 Å². The number of ketones is 1. The maximum Gasteiger partial charge on any atom is 0.137 e. The van der Waals surface area contributed by atoms with Gasteiger partial charge in [-0.2, -0.15) is 0 Å². The lowest BCUT2D eigenvalue weighted by Crippen LogP contribution is -2.12. The first kappa shape index (κ1) is 9.64. The first-order valence-corrected chi connectivity index (χ1v) is 5.77. The van der Waals surface area contributed by atoms with E-state index in [2.05, 4.69) is 31.0 Å². The summed E-state index contributed by atoms with van der Waals surface area (Å²) < 4.78 is 0. The number of Topliss-reactive ketones (excluding diaryl/α,β-unsaturated/α-hetero) is 1. The summed E-state index contributed by atoms with van der Waals surface area (Å²) >= 11 is 0. The van der Waals surface area contributed by atoms with Crippen LogP contribution in [0.4, 0.5) is 0 Å². The summed E-state index contributed by atoms with van der Waals surface area (Å²) in [6.45, 7) is 4.23. The quantitative estimate of drug-likeness (QED) is 0.717. The summed E-state index contributed by atoms with van der Waals surface area (Å²) in [6.07, 6.45) is 2.18. The van der Waals surface area contributed by atoms with Crippen molar-refractivity contribution in [3.8, 4) is 0 Å². The average Bonchev–Trinajstić information content (AvgIpc) is 2.57. The molecule has 0 spiro atoms. The van der Waals surface area contributed by atoms with Gasteiger partial charge in [0.2, 0.25) is 0 Å². The van der Waals surface area contributed by atoms with Crippen LogP contribution in [0.2, 0.25) is 0 Å². The molecule has 1 heterocycles. The first-order valence-electron chi connectivity index (χ1n) is 5.77. The van der Waals surface area contributed by atoms with E-state index in [4.69, 9.17) is 0 Å². The molecule has 2 heteroatoms. The molecule has 2 aromatic rings. The zero-order chi connectivity index (χ0) is 11.3. The van der Waals surface area contributed by atoms with Crippen molar-refractivity contribution in [2.75, 3.05) is 0 Å². The molecule has 1 aromatic heterocycles. The molecule has 0 aliphatic heterocycles. The fourth-order valence-corrected chi connectivity index (χ4v) is 2.73. The van der Waals surface area contributed by atoms with Crippen LogP contribution < -0.4 is 0 Å². The maximum absolute atomic E-state index is 11.5. The number of fused-ring (bicyclic) bond motifs is 3. The van der Waals surface area contributed by atoms with E-state index < -0.39 is 0 Å². The highest BCUT2D eigenvalue weighted by molar-refractivity contribution is 5.94. The Labute approximate surface area is 94.7 Å². The van der Waals surface area contributed by atoms with E-state index in [1.54, 1.807) is 0 Å². The number of aryl methyl sites for hydroxylation is 3. The van der Waals surface area contributed by atoms with E-state index in [1.165, 1.54) is 33.3 Å². The van der Waals surface area contributed by atoms with Gasteiger partial charge < -0.3 is 4.98 Å². The molecule has 0 bridgehead atoms. The molecule has 2 nitrogen and oxygen atoms in total. The van der Waals surface area contributed by atoms with Gasteiger partial charge in [-0.1, -0.05) is 11.6 Å². The van der Waals surface area contributed by atoms with Gasteiger partial charge in [0.25, 0.3) is 0 Å². The lowest BCUT2D eigenvalue weighted by atomic mass is 9.94. The number of rotatable bonds is 0. The molecule has 0 fully saturated rings. The molecule has 0 atom stereocenters. The topological polar surface area (TPSA) is 32.9 Å². The molecule has 82 valence electrons. The van der Waals surface area contributed by atoms with Crippen LogP contribution in [0.25, 0.3) is 10.9 Å². The Morgan fingerprint density at radius 1 is 1.19 bits per heavy atom. The second kappa shape index (κ2) is 3.21. The molecule has 0 amide bonds. The molecule has 1 aliphatic carbocycles. The maximum atomic E-state index is 11.5. The van der Waals surface area contributed by atoms with Crippen molar-refractivity contribution < 1.29 is 4.79 Å². The normalized spacial score (nSPS) is 15.5. The number of aromatic nitrogens is 1. The molecule has 3 rings (SSSR count). The summed E-state index contributed by atoms with van der Waals surface area (Å²) in [4.78, 5) is 15.0. The van der Waals surface area contributed by atoms with E-state index >= 15 is 0 Å². The van der Waals surface area contributed by atoms with Crippen LogP contribution in [0, 0.1) is 13.8 Å².